The summed E-state index contributed by atoms with van der Waals surface area (Å²) >= 11 is 0. The number of aliphatic carboxylic acids is 2. The van der Waals surface area contributed by atoms with Crippen molar-refractivity contribution in [3.8, 4) is 0 Å². The highest BCUT2D eigenvalue weighted by Gasteiger charge is 2.37. The first kappa shape index (κ1) is 52.1. The normalized spacial score (nSPS) is 26.4. The van der Waals surface area contributed by atoms with Gasteiger partial charge >= 0.3 is 11.9 Å². The van der Waals surface area contributed by atoms with Crippen LogP contribution in [0.2, 0.25) is 0 Å². The van der Waals surface area contributed by atoms with Gasteiger partial charge in [-0.15, -0.1) is 0 Å². The summed E-state index contributed by atoms with van der Waals surface area (Å²) in [4.78, 5) is 144. The minimum Gasteiger partial charge on any atom is -0.481 e. The molecule has 9 amide bonds. The van der Waals surface area contributed by atoms with Crippen LogP contribution >= 0.6 is 0 Å². The summed E-state index contributed by atoms with van der Waals surface area (Å²) in [7, 11) is 0. The molecule has 15 N–H and O–H groups in total. The number of carbonyl (C=O) groups excluding carboxylic acids is 9. The second-order valence-electron chi connectivity index (χ2n) is 14.9. The van der Waals surface area contributed by atoms with Crippen molar-refractivity contribution in [2.75, 3.05) is 13.2 Å². The zero-order valence-corrected chi connectivity index (χ0v) is 34.3. The molecule has 60 heavy (non-hydrogen) atoms. The summed E-state index contributed by atoms with van der Waals surface area (Å²) < 4.78 is 0. The Morgan fingerprint density at radius 3 is 1.45 bits per heavy atom. The average molecular weight is 857 g/mol. The SMILES string of the molecule is CC[C@H](C)[C@@H]1NC(=O)[C@H](CCCCN)NC(=O)[C@H](C)NC(=O)[C@H](CO)NC(=O)[C@H](CC(=O)O)NC(=O)[C@H](CC(C)C)NC(=O)[C@H](CC(N)=O)NC(=O)[C@H](CC(=O)O)NC1=O. The number of carbonyl (C=O) groups is 11. The van der Waals surface area contributed by atoms with Gasteiger partial charge in [0, 0.05) is 0 Å². The third-order valence-electron chi connectivity index (χ3n) is 9.34. The van der Waals surface area contributed by atoms with Crippen molar-refractivity contribution >= 4 is 65.1 Å². The fourth-order valence-corrected chi connectivity index (χ4v) is 5.82. The number of aliphatic hydroxyl groups is 1. The Labute approximate surface area is 346 Å². The molecule has 1 aliphatic heterocycles. The maximum absolute atomic E-state index is 13.8. The van der Waals surface area contributed by atoms with Gasteiger partial charge < -0.3 is 69.3 Å². The highest BCUT2D eigenvalue weighted by molar-refractivity contribution is 6.00. The van der Waals surface area contributed by atoms with Gasteiger partial charge in [0.1, 0.15) is 48.3 Å². The van der Waals surface area contributed by atoms with Crippen molar-refractivity contribution in [2.24, 2.45) is 23.3 Å². The van der Waals surface area contributed by atoms with Gasteiger partial charge in [-0.2, -0.15) is 0 Å². The number of nitrogens with two attached hydrogens (primary N) is 2. The summed E-state index contributed by atoms with van der Waals surface area (Å²) in [6, 6.07) is -13.2. The van der Waals surface area contributed by atoms with Crippen LogP contribution < -0.4 is 54.0 Å². The summed E-state index contributed by atoms with van der Waals surface area (Å²) in [5.74, 6) is -14.1. The predicted octanol–water partition coefficient (Wildman–Crippen LogP) is -5.06. The van der Waals surface area contributed by atoms with Gasteiger partial charge in [0.2, 0.25) is 53.2 Å². The van der Waals surface area contributed by atoms with Crippen LogP contribution in [0.3, 0.4) is 0 Å². The van der Waals surface area contributed by atoms with Crippen LogP contribution in [-0.4, -0.2) is 142 Å². The summed E-state index contributed by atoms with van der Waals surface area (Å²) in [5.41, 5.74) is 10.9. The lowest BCUT2D eigenvalue weighted by Crippen LogP contribution is -2.62. The molecule has 1 heterocycles. The molecule has 338 valence electrons. The zero-order chi connectivity index (χ0) is 45.9. The number of aliphatic hydroxyl groups excluding tert-OH is 1. The van der Waals surface area contributed by atoms with Crippen molar-refractivity contribution in [3.05, 3.63) is 0 Å². The van der Waals surface area contributed by atoms with Gasteiger partial charge in [-0.25, -0.2) is 0 Å². The third-order valence-corrected chi connectivity index (χ3v) is 9.34. The van der Waals surface area contributed by atoms with E-state index in [1.165, 1.54) is 6.92 Å². The van der Waals surface area contributed by atoms with E-state index in [1.807, 2.05) is 0 Å². The van der Waals surface area contributed by atoms with E-state index in [0.29, 0.717) is 12.8 Å². The van der Waals surface area contributed by atoms with Crippen LogP contribution in [-0.2, 0) is 52.7 Å². The molecule has 1 saturated heterocycles. The Morgan fingerprint density at radius 1 is 0.583 bits per heavy atom. The fourth-order valence-electron chi connectivity index (χ4n) is 5.82. The van der Waals surface area contributed by atoms with Crippen LogP contribution in [0.1, 0.15) is 86.0 Å². The summed E-state index contributed by atoms with van der Waals surface area (Å²) in [6.45, 7) is 6.91. The van der Waals surface area contributed by atoms with E-state index >= 15 is 0 Å². The van der Waals surface area contributed by atoms with Gasteiger partial charge in [0.25, 0.3) is 0 Å². The van der Waals surface area contributed by atoms with E-state index in [1.54, 1.807) is 27.7 Å². The number of carboxylic acid groups (broad SMARTS) is 2. The Bertz CT molecular complexity index is 1590. The maximum Gasteiger partial charge on any atom is 0.305 e. The quantitative estimate of drug-likeness (QED) is 0.0686. The minimum atomic E-state index is -1.91. The molecule has 0 aromatic rings. The second kappa shape index (κ2) is 25.5. The molecule has 24 heteroatoms. The first-order valence-corrected chi connectivity index (χ1v) is 19.5. The predicted molar refractivity (Wildman–Crippen MR) is 208 cm³/mol. The first-order valence-electron chi connectivity index (χ1n) is 19.5. The minimum absolute atomic E-state index is 0.0122. The Morgan fingerprint density at radius 2 is 1.00 bits per heavy atom. The van der Waals surface area contributed by atoms with Crippen molar-refractivity contribution in [1.82, 2.24) is 42.5 Å². The molecular weight excluding hydrogens is 796 g/mol. The summed E-state index contributed by atoms with van der Waals surface area (Å²) in [5, 5.41) is 47.5. The Kier molecular flexibility index (Phi) is 22.2. The molecule has 1 fully saturated rings. The number of hydrogen-bond donors (Lipinski definition) is 13. The van der Waals surface area contributed by atoms with Gasteiger partial charge in [0.15, 0.2) is 0 Å². The van der Waals surface area contributed by atoms with Crippen LogP contribution in [0.25, 0.3) is 0 Å². The lowest BCUT2D eigenvalue weighted by Gasteiger charge is -2.29. The first-order chi connectivity index (χ1) is 28.0. The highest BCUT2D eigenvalue weighted by Crippen LogP contribution is 2.12. The smallest absolute Gasteiger partial charge is 0.305 e. The monoisotopic (exact) mass is 856 g/mol. The van der Waals surface area contributed by atoms with Crippen LogP contribution in [0.15, 0.2) is 0 Å². The van der Waals surface area contributed by atoms with Gasteiger partial charge in [-0.3, -0.25) is 52.7 Å². The second-order valence-corrected chi connectivity index (χ2v) is 14.9. The molecule has 0 aliphatic carbocycles. The molecule has 1 aliphatic rings. The lowest BCUT2D eigenvalue weighted by atomic mass is 9.96. The van der Waals surface area contributed by atoms with Gasteiger partial charge in [-0.05, 0) is 51.0 Å². The Hall–Kier alpha value is -5.91. The molecule has 9 atom stereocenters. The standard InChI is InChI=1S/C36H60N10O14/c1-6-17(4)28-36(60)44-23(14-27(51)52)33(57)42-21(12-25(38)48)32(56)41-20(11-16(2)3)31(55)43-22(13-26(49)50)34(58)45-24(15-47)35(59)39-18(5)29(53)40-19(30(54)46-28)9-7-8-10-37/h16-24,28,47H,6-15,37H2,1-5H3,(H2,38,48)(H,39,59)(H,40,53)(H,41,56)(H,42,57)(H,43,55)(H,44,60)(H,45,58)(H,46,54)(H,49,50)(H,51,52)/t17-,18-,19-,20-,21-,22-,23-,24-,28-/m0/s1. The third kappa shape index (κ3) is 17.9. The molecule has 0 bridgehead atoms. The highest BCUT2D eigenvalue weighted by atomic mass is 16.4. The van der Waals surface area contributed by atoms with Crippen LogP contribution in [0.4, 0.5) is 0 Å². The number of rotatable bonds is 15. The number of primary amides is 1. The van der Waals surface area contributed by atoms with E-state index in [2.05, 4.69) is 42.5 Å². The topological polar surface area (TPSA) is 397 Å². The van der Waals surface area contributed by atoms with E-state index in [9.17, 15) is 68.1 Å². The van der Waals surface area contributed by atoms with Crippen molar-refractivity contribution < 1.29 is 68.1 Å². The Balaban J connectivity index is 3.90. The van der Waals surface area contributed by atoms with E-state index in [4.69, 9.17) is 11.5 Å². The van der Waals surface area contributed by atoms with Crippen molar-refractivity contribution in [3.63, 3.8) is 0 Å². The fraction of sp³-hybridized carbons (Fsp3) is 0.694. The van der Waals surface area contributed by atoms with Crippen molar-refractivity contribution in [2.45, 2.75) is 134 Å². The molecule has 0 saturated carbocycles. The molecule has 0 radical (unpaired) electrons. The maximum atomic E-state index is 13.8. The largest absolute Gasteiger partial charge is 0.481 e. The molecule has 0 aromatic heterocycles. The molecule has 24 nitrogen and oxygen atoms in total. The number of unbranched alkanes of at least 4 members (excludes halogenated alkanes) is 1. The number of nitrogens with one attached hydrogen (secondary N) is 8. The number of amides is 9. The molecule has 1 rings (SSSR count). The van der Waals surface area contributed by atoms with Gasteiger partial charge in [0.05, 0.1) is 25.9 Å². The van der Waals surface area contributed by atoms with E-state index in [0.717, 1.165) is 0 Å². The summed E-state index contributed by atoms with van der Waals surface area (Å²) in [6.07, 6.45) is -2.17. The van der Waals surface area contributed by atoms with Crippen LogP contribution in [0.5, 0.6) is 0 Å². The molecular formula is C36H60N10O14. The van der Waals surface area contributed by atoms with Crippen LogP contribution in [0, 0.1) is 11.8 Å². The zero-order valence-electron chi connectivity index (χ0n) is 34.3. The number of carboxylic acids is 2. The van der Waals surface area contributed by atoms with Gasteiger partial charge in [-0.1, -0.05) is 34.1 Å². The van der Waals surface area contributed by atoms with E-state index in [-0.39, 0.29) is 31.7 Å². The lowest BCUT2D eigenvalue weighted by molar-refractivity contribution is -0.143. The average Bonchev–Trinajstić information content (AvgIpc) is 3.15. The molecule has 0 spiro atoms. The van der Waals surface area contributed by atoms with Crippen molar-refractivity contribution in [1.29, 1.82) is 0 Å². The molecule has 0 aromatic carbocycles. The van der Waals surface area contributed by atoms with E-state index < -0.39 is 145 Å². The molecule has 0 unspecified atom stereocenters. The number of hydrogen-bond acceptors (Lipinski definition) is 13.